The van der Waals surface area contributed by atoms with Gasteiger partial charge in [0.25, 0.3) is 0 Å². The molecule has 2 aromatic rings. The van der Waals surface area contributed by atoms with Crippen LogP contribution < -0.4 is 10.6 Å². The van der Waals surface area contributed by atoms with Crippen LogP contribution in [0.3, 0.4) is 0 Å². The van der Waals surface area contributed by atoms with E-state index >= 15 is 0 Å². The van der Waals surface area contributed by atoms with Gasteiger partial charge in [0.2, 0.25) is 5.91 Å². The molecular weight excluding hydrogens is 316 g/mol. The van der Waals surface area contributed by atoms with Crippen LogP contribution in [0.15, 0.2) is 30.5 Å². The summed E-state index contributed by atoms with van der Waals surface area (Å²) in [6, 6.07) is 6.82. The summed E-state index contributed by atoms with van der Waals surface area (Å²) in [7, 11) is 0. The standard InChI is InChI=1S/C16H17ClN4O2/c1-10-9-19-14(22)6-8-21(10)16(23)20-13-5-4-12(17)15-11(13)3-2-7-18-15/h2-5,7,10H,6,8-9H2,1H3,(H,19,22)(H,20,23)/t10-/m1/s1. The number of aromatic nitrogens is 1. The van der Waals surface area contributed by atoms with Crippen molar-refractivity contribution in [3.8, 4) is 0 Å². The molecule has 7 heteroatoms. The fraction of sp³-hybridized carbons (Fsp3) is 0.312. The van der Waals surface area contributed by atoms with Gasteiger partial charge in [0, 0.05) is 37.1 Å². The van der Waals surface area contributed by atoms with Crippen LogP contribution in [0, 0.1) is 0 Å². The molecule has 1 aliphatic heterocycles. The van der Waals surface area contributed by atoms with Crippen LogP contribution in [0.2, 0.25) is 5.02 Å². The number of carbonyl (C=O) groups is 2. The molecule has 1 aromatic carbocycles. The summed E-state index contributed by atoms with van der Waals surface area (Å²) >= 11 is 6.14. The van der Waals surface area contributed by atoms with E-state index in [1.165, 1.54) is 0 Å². The summed E-state index contributed by atoms with van der Waals surface area (Å²) in [5, 5.41) is 7.02. The quantitative estimate of drug-likeness (QED) is 0.843. The second kappa shape index (κ2) is 6.42. The van der Waals surface area contributed by atoms with Gasteiger partial charge in [-0.2, -0.15) is 0 Å². The van der Waals surface area contributed by atoms with E-state index in [0.29, 0.717) is 35.7 Å². The van der Waals surface area contributed by atoms with Gasteiger partial charge in [-0.05, 0) is 31.2 Å². The molecule has 2 N–H and O–H groups in total. The van der Waals surface area contributed by atoms with Gasteiger partial charge < -0.3 is 15.5 Å². The van der Waals surface area contributed by atoms with Crippen LogP contribution in [0.4, 0.5) is 10.5 Å². The van der Waals surface area contributed by atoms with Gasteiger partial charge in [0.1, 0.15) is 0 Å². The zero-order valence-electron chi connectivity index (χ0n) is 12.7. The number of rotatable bonds is 1. The molecule has 23 heavy (non-hydrogen) atoms. The number of hydrogen-bond donors (Lipinski definition) is 2. The lowest BCUT2D eigenvalue weighted by Gasteiger charge is -2.26. The molecule has 0 saturated carbocycles. The fourth-order valence-electron chi connectivity index (χ4n) is 2.64. The Morgan fingerprint density at radius 2 is 2.26 bits per heavy atom. The second-order valence-electron chi connectivity index (χ2n) is 5.52. The summed E-state index contributed by atoms with van der Waals surface area (Å²) in [4.78, 5) is 30.0. The lowest BCUT2D eigenvalue weighted by molar-refractivity contribution is -0.120. The molecule has 0 bridgehead atoms. The summed E-state index contributed by atoms with van der Waals surface area (Å²) in [5.74, 6) is -0.0340. The van der Waals surface area contributed by atoms with E-state index in [-0.39, 0.29) is 18.0 Å². The third kappa shape index (κ3) is 3.22. The van der Waals surface area contributed by atoms with Crippen LogP contribution in [-0.4, -0.2) is 41.0 Å². The van der Waals surface area contributed by atoms with Crippen molar-refractivity contribution in [2.75, 3.05) is 18.4 Å². The molecule has 1 fully saturated rings. The zero-order valence-corrected chi connectivity index (χ0v) is 13.4. The Labute approximate surface area is 138 Å². The number of halogens is 1. The van der Waals surface area contributed by atoms with E-state index in [4.69, 9.17) is 11.6 Å². The number of benzene rings is 1. The van der Waals surface area contributed by atoms with E-state index in [1.54, 1.807) is 29.3 Å². The highest BCUT2D eigenvalue weighted by Crippen LogP contribution is 2.28. The third-order valence-electron chi connectivity index (χ3n) is 3.93. The van der Waals surface area contributed by atoms with Gasteiger partial charge in [-0.15, -0.1) is 0 Å². The van der Waals surface area contributed by atoms with Crippen LogP contribution in [-0.2, 0) is 4.79 Å². The largest absolute Gasteiger partial charge is 0.354 e. The molecule has 1 atom stereocenters. The van der Waals surface area contributed by atoms with Gasteiger partial charge in [0.05, 0.1) is 16.2 Å². The normalized spacial score (nSPS) is 18.4. The molecule has 0 radical (unpaired) electrons. The number of amides is 3. The first-order valence-corrected chi connectivity index (χ1v) is 7.81. The maximum atomic E-state index is 12.6. The summed E-state index contributed by atoms with van der Waals surface area (Å²) < 4.78 is 0. The van der Waals surface area contributed by atoms with Crippen molar-refractivity contribution in [3.05, 3.63) is 35.5 Å². The molecule has 1 aliphatic rings. The highest BCUT2D eigenvalue weighted by atomic mass is 35.5. The molecular formula is C16H17ClN4O2. The number of anilines is 1. The highest BCUT2D eigenvalue weighted by Gasteiger charge is 2.24. The molecule has 1 saturated heterocycles. The number of hydrogen-bond acceptors (Lipinski definition) is 3. The number of urea groups is 1. The van der Waals surface area contributed by atoms with Crippen LogP contribution in [0.5, 0.6) is 0 Å². The van der Waals surface area contributed by atoms with Crippen molar-refractivity contribution in [3.63, 3.8) is 0 Å². The number of carbonyl (C=O) groups excluding carboxylic acids is 2. The van der Waals surface area contributed by atoms with Crippen molar-refractivity contribution in [1.29, 1.82) is 0 Å². The number of nitrogens with zero attached hydrogens (tertiary/aromatic N) is 2. The Kier molecular flexibility index (Phi) is 4.34. The minimum Gasteiger partial charge on any atom is -0.354 e. The summed E-state index contributed by atoms with van der Waals surface area (Å²) in [6.07, 6.45) is 1.97. The maximum absolute atomic E-state index is 12.6. The van der Waals surface area contributed by atoms with E-state index < -0.39 is 0 Å². The molecule has 3 rings (SSSR count). The van der Waals surface area contributed by atoms with Crippen LogP contribution >= 0.6 is 11.6 Å². The van der Waals surface area contributed by atoms with Gasteiger partial charge >= 0.3 is 6.03 Å². The number of nitrogens with one attached hydrogen (secondary N) is 2. The first-order chi connectivity index (χ1) is 11.1. The molecule has 6 nitrogen and oxygen atoms in total. The van der Waals surface area contributed by atoms with Crippen LogP contribution in [0.25, 0.3) is 10.9 Å². The molecule has 0 unspecified atom stereocenters. The average molecular weight is 333 g/mol. The number of fused-ring (bicyclic) bond motifs is 1. The van der Waals surface area contributed by atoms with E-state index in [1.807, 2.05) is 13.0 Å². The van der Waals surface area contributed by atoms with E-state index in [2.05, 4.69) is 15.6 Å². The lowest BCUT2D eigenvalue weighted by atomic mass is 10.2. The Balaban J connectivity index is 1.85. The second-order valence-corrected chi connectivity index (χ2v) is 5.93. The first kappa shape index (κ1) is 15.6. The highest BCUT2D eigenvalue weighted by molar-refractivity contribution is 6.35. The zero-order chi connectivity index (χ0) is 16.4. The first-order valence-electron chi connectivity index (χ1n) is 7.44. The van der Waals surface area contributed by atoms with E-state index in [0.717, 1.165) is 5.39 Å². The minimum absolute atomic E-state index is 0.0340. The SMILES string of the molecule is C[C@@H]1CNC(=O)CCN1C(=O)Nc1ccc(Cl)c2ncccc12. The molecule has 0 aliphatic carbocycles. The van der Waals surface area contributed by atoms with E-state index in [9.17, 15) is 9.59 Å². The minimum atomic E-state index is -0.235. The predicted molar refractivity (Wildman–Crippen MR) is 89.6 cm³/mol. The maximum Gasteiger partial charge on any atom is 0.322 e. The average Bonchev–Trinajstić information content (AvgIpc) is 2.72. The lowest BCUT2D eigenvalue weighted by Crippen LogP contribution is -2.44. The van der Waals surface area contributed by atoms with Crippen LogP contribution in [0.1, 0.15) is 13.3 Å². The van der Waals surface area contributed by atoms with Gasteiger partial charge in [-0.25, -0.2) is 4.79 Å². The molecule has 120 valence electrons. The molecule has 3 amide bonds. The monoisotopic (exact) mass is 332 g/mol. The van der Waals surface area contributed by atoms with Crippen molar-refractivity contribution >= 4 is 40.1 Å². The van der Waals surface area contributed by atoms with Crippen molar-refractivity contribution in [1.82, 2.24) is 15.2 Å². The van der Waals surface area contributed by atoms with Crippen molar-refractivity contribution in [2.45, 2.75) is 19.4 Å². The smallest absolute Gasteiger partial charge is 0.322 e. The summed E-state index contributed by atoms with van der Waals surface area (Å²) in [6.45, 7) is 2.75. The topological polar surface area (TPSA) is 74.3 Å². The Morgan fingerprint density at radius 1 is 1.43 bits per heavy atom. The van der Waals surface area contributed by atoms with Gasteiger partial charge in [-0.1, -0.05) is 11.6 Å². The Hall–Kier alpha value is -2.34. The van der Waals surface area contributed by atoms with Crippen molar-refractivity contribution < 1.29 is 9.59 Å². The Bertz CT molecular complexity index is 765. The van der Waals surface area contributed by atoms with Crippen molar-refractivity contribution in [2.24, 2.45) is 0 Å². The van der Waals surface area contributed by atoms with Gasteiger partial charge in [-0.3, -0.25) is 9.78 Å². The summed E-state index contributed by atoms with van der Waals surface area (Å²) in [5.41, 5.74) is 1.30. The molecule has 1 aromatic heterocycles. The molecule has 0 spiro atoms. The Morgan fingerprint density at radius 3 is 3.09 bits per heavy atom. The fourth-order valence-corrected chi connectivity index (χ4v) is 2.85. The van der Waals surface area contributed by atoms with Gasteiger partial charge in [0.15, 0.2) is 0 Å². The predicted octanol–water partition coefficient (Wildman–Crippen LogP) is 2.63. The molecule has 2 heterocycles. The third-order valence-corrected chi connectivity index (χ3v) is 4.23. The number of pyridine rings is 1.